The molecule has 0 saturated carbocycles. The van der Waals surface area contributed by atoms with Crippen molar-refractivity contribution in [2.45, 2.75) is 0 Å². The van der Waals surface area contributed by atoms with Crippen LogP contribution in [-0.2, 0) is 0 Å². The Bertz CT molecular complexity index is 1580. The van der Waals surface area contributed by atoms with E-state index in [4.69, 9.17) is 0 Å². The van der Waals surface area contributed by atoms with Gasteiger partial charge in [0.2, 0.25) is 0 Å². The molecule has 0 aliphatic rings. The fraction of sp³-hybridized carbons (Fsp3) is 0. The van der Waals surface area contributed by atoms with Crippen LogP contribution in [0.25, 0.3) is 54.0 Å². The van der Waals surface area contributed by atoms with Crippen molar-refractivity contribution in [3.05, 3.63) is 128 Å². The summed E-state index contributed by atoms with van der Waals surface area (Å²) in [7, 11) is 0. The van der Waals surface area contributed by atoms with Gasteiger partial charge in [-0.2, -0.15) is 13.5 Å². The van der Waals surface area contributed by atoms with Crippen LogP contribution in [0.5, 0.6) is 0 Å². The molecule has 0 amide bonds. The minimum absolute atomic E-state index is 0. The Balaban J connectivity index is 0.000000175. The molecule has 0 fully saturated rings. The third-order valence-electron chi connectivity index (χ3n) is 6.08. The largest absolute Gasteiger partial charge is 0.256 e. The first-order chi connectivity index (χ1) is 15.8. The van der Waals surface area contributed by atoms with Gasteiger partial charge >= 0.3 is 0 Å². The first-order valence-electron chi connectivity index (χ1n) is 10.9. The fourth-order valence-corrected chi connectivity index (χ4v) is 4.45. The van der Waals surface area contributed by atoms with Crippen molar-refractivity contribution < 1.29 is 0 Å². The topological polar surface area (TPSA) is 12.9 Å². The molecule has 0 spiro atoms. The molecular weight excluding hydrogens is 418 g/mol. The molecule has 33 heavy (non-hydrogen) atoms. The standard InChI is InChI=1S/C22H14.C9H7N.H2S/c1-3-7-17-13-21-19(11-15(17)5-1)9-10-20-12-16-6-2-4-8-18(16)14-22(20)21;1-2-6-9-8(4-1)5-3-7-10-9;/h1-14H;1-7H;1H2. The predicted molar refractivity (Wildman–Crippen MR) is 149 cm³/mol. The number of benzene rings is 6. The van der Waals surface area contributed by atoms with E-state index in [9.17, 15) is 0 Å². The lowest BCUT2D eigenvalue weighted by Gasteiger charge is -2.08. The van der Waals surface area contributed by atoms with Gasteiger partial charge in [0, 0.05) is 11.6 Å². The summed E-state index contributed by atoms with van der Waals surface area (Å²) in [6, 6.07) is 42.9. The predicted octanol–water partition coefficient (Wildman–Crippen LogP) is 8.65. The van der Waals surface area contributed by atoms with Crippen molar-refractivity contribution in [3.8, 4) is 0 Å². The number of hydrogen-bond donors (Lipinski definition) is 0. The summed E-state index contributed by atoms with van der Waals surface area (Å²) >= 11 is 0. The quantitative estimate of drug-likeness (QED) is 0.169. The average molecular weight is 442 g/mol. The second kappa shape index (κ2) is 8.93. The van der Waals surface area contributed by atoms with Crippen molar-refractivity contribution >= 4 is 67.5 Å². The van der Waals surface area contributed by atoms with Gasteiger partial charge in [-0.05, 0) is 79.5 Å². The van der Waals surface area contributed by atoms with E-state index >= 15 is 0 Å². The van der Waals surface area contributed by atoms with Crippen LogP contribution in [0.2, 0.25) is 0 Å². The molecule has 0 saturated heterocycles. The number of fused-ring (bicyclic) bond motifs is 6. The maximum atomic E-state index is 4.18. The molecule has 7 aromatic rings. The Labute approximate surface area is 199 Å². The van der Waals surface area contributed by atoms with E-state index < -0.39 is 0 Å². The molecule has 7 rings (SSSR count). The zero-order valence-electron chi connectivity index (χ0n) is 18.1. The van der Waals surface area contributed by atoms with Crippen LogP contribution in [0.4, 0.5) is 0 Å². The van der Waals surface area contributed by atoms with Gasteiger partial charge in [0.25, 0.3) is 0 Å². The highest BCUT2D eigenvalue weighted by Gasteiger charge is 2.04. The van der Waals surface area contributed by atoms with Gasteiger partial charge in [-0.25, -0.2) is 0 Å². The highest BCUT2D eigenvalue weighted by atomic mass is 32.1. The minimum atomic E-state index is 0. The number of para-hydroxylation sites is 1. The molecule has 1 nitrogen and oxygen atoms in total. The summed E-state index contributed by atoms with van der Waals surface area (Å²) in [5.41, 5.74) is 1.06. The van der Waals surface area contributed by atoms with Crippen LogP contribution in [0.1, 0.15) is 0 Å². The number of aromatic nitrogens is 1. The third-order valence-corrected chi connectivity index (χ3v) is 6.08. The van der Waals surface area contributed by atoms with Crippen molar-refractivity contribution in [2.24, 2.45) is 0 Å². The summed E-state index contributed by atoms with van der Waals surface area (Å²) < 4.78 is 0. The SMILES string of the molecule is S.c1ccc2cc3c(ccc4cc5ccccc5cc43)cc2c1.c1ccc2ncccc2c1. The van der Waals surface area contributed by atoms with Crippen LogP contribution in [0.3, 0.4) is 0 Å². The zero-order chi connectivity index (χ0) is 21.3. The molecule has 0 atom stereocenters. The van der Waals surface area contributed by atoms with E-state index in [1.807, 2.05) is 30.5 Å². The lowest BCUT2D eigenvalue weighted by Crippen LogP contribution is -1.81. The maximum Gasteiger partial charge on any atom is 0.0701 e. The second-order valence-corrected chi connectivity index (χ2v) is 8.10. The molecule has 0 bridgehead atoms. The molecule has 0 N–H and O–H groups in total. The Hall–Kier alpha value is -3.88. The Kier molecular flexibility index (Phi) is 5.68. The van der Waals surface area contributed by atoms with Gasteiger partial charge < -0.3 is 0 Å². The van der Waals surface area contributed by atoms with Crippen LogP contribution in [0.15, 0.2) is 128 Å². The number of hydrogen-bond acceptors (Lipinski definition) is 1. The third kappa shape index (κ3) is 4.02. The fourth-order valence-electron chi connectivity index (χ4n) is 4.45. The molecule has 6 aromatic carbocycles. The average Bonchev–Trinajstić information content (AvgIpc) is 2.87. The molecule has 2 heteroatoms. The molecular formula is C31H23NS. The van der Waals surface area contributed by atoms with Crippen molar-refractivity contribution in [3.63, 3.8) is 0 Å². The van der Waals surface area contributed by atoms with E-state index in [-0.39, 0.29) is 13.5 Å². The maximum absolute atomic E-state index is 4.18. The Morgan fingerprint density at radius 1 is 0.364 bits per heavy atom. The van der Waals surface area contributed by atoms with Crippen molar-refractivity contribution in [1.29, 1.82) is 0 Å². The van der Waals surface area contributed by atoms with Gasteiger partial charge in [-0.15, -0.1) is 0 Å². The number of rotatable bonds is 0. The zero-order valence-corrected chi connectivity index (χ0v) is 19.1. The van der Waals surface area contributed by atoms with E-state index in [0.29, 0.717) is 0 Å². The van der Waals surface area contributed by atoms with Crippen LogP contribution >= 0.6 is 13.5 Å². The van der Waals surface area contributed by atoms with Crippen LogP contribution in [0, 0.1) is 0 Å². The smallest absolute Gasteiger partial charge is 0.0701 e. The molecule has 0 unspecified atom stereocenters. The first-order valence-corrected chi connectivity index (χ1v) is 10.9. The highest BCUT2D eigenvalue weighted by Crippen LogP contribution is 2.32. The van der Waals surface area contributed by atoms with Crippen molar-refractivity contribution in [1.82, 2.24) is 4.98 Å². The summed E-state index contributed by atoms with van der Waals surface area (Å²) in [4.78, 5) is 4.18. The normalized spacial score (nSPS) is 10.8. The molecule has 1 aromatic heterocycles. The summed E-state index contributed by atoms with van der Waals surface area (Å²) in [6.07, 6.45) is 1.81. The lowest BCUT2D eigenvalue weighted by molar-refractivity contribution is 1.41. The van der Waals surface area contributed by atoms with Gasteiger partial charge in [-0.1, -0.05) is 84.9 Å². The monoisotopic (exact) mass is 441 g/mol. The molecule has 0 radical (unpaired) electrons. The second-order valence-electron chi connectivity index (χ2n) is 8.10. The van der Waals surface area contributed by atoms with Gasteiger partial charge in [-0.3, -0.25) is 4.98 Å². The van der Waals surface area contributed by atoms with Gasteiger partial charge in [0.05, 0.1) is 5.52 Å². The van der Waals surface area contributed by atoms with Gasteiger partial charge in [0.1, 0.15) is 0 Å². The highest BCUT2D eigenvalue weighted by molar-refractivity contribution is 7.59. The molecule has 158 valence electrons. The first kappa shape index (κ1) is 21.0. The van der Waals surface area contributed by atoms with Crippen molar-refractivity contribution in [2.75, 3.05) is 0 Å². The molecule has 0 aliphatic carbocycles. The van der Waals surface area contributed by atoms with Crippen LogP contribution in [-0.4, -0.2) is 4.98 Å². The Morgan fingerprint density at radius 3 is 1.30 bits per heavy atom. The van der Waals surface area contributed by atoms with E-state index in [0.717, 1.165) is 5.52 Å². The summed E-state index contributed by atoms with van der Waals surface area (Å²) in [6.45, 7) is 0. The van der Waals surface area contributed by atoms with E-state index in [2.05, 4.69) is 102 Å². The number of pyridine rings is 1. The summed E-state index contributed by atoms with van der Waals surface area (Å²) in [5.74, 6) is 0. The summed E-state index contributed by atoms with van der Waals surface area (Å²) in [5, 5.41) is 11.7. The van der Waals surface area contributed by atoms with E-state index in [1.54, 1.807) is 0 Å². The van der Waals surface area contributed by atoms with E-state index in [1.165, 1.54) is 48.5 Å². The van der Waals surface area contributed by atoms with Gasteiger partial charge in [0.15, 0.2) is 0 Å². The minimum Gasteiger partial charge on any atom is -0.256 e. The lowest BCUT2D eigenvalue weighted by atomic mass is 9.96. The Morgan fingerprint density at radius 2 is 0.788 bits per heavy atom. The molecule has 0 aliphatic heterocycles. The number of nitrogens with zero attached hydrogens (tertiary/aromatic N) is 1. The molecule has 1 heterocycles. The van der Waals surface area contributed by atoms with Crippen LogP contribution < -0.4 is 0 Å².